The third kappa shape index (κ3) is 5.97. The van der Waals surface area contributed by atoms with E-state index in [1.807, 2.05) is 0 Å². The summed E-state index contributed by atoms with van der Waals surface area (Å²) in [4.78, 5) is 57.1. The van der Waals surface area contributed by atoms with E-state index in [0.29, 0.717) is 38.5 Å². The Kier molecular flexibility index (Phi) is 9.70. The van der Waals surface area contributed by atoms with E-state index in [4.69, 9.17) is 14.2 Å². The molecule has 0 aromatic rings. The van der Waals surface area contributed by atoms with Crippen LogP contribution < -0.4 is 0 Å². The number of esters is 3. The molecule has 0 unspecified atom stereocenters. The molecule has 10 nitrogen and oxygen atoms in total. The average Bonchev–Trinajstić information content (AvgIpc) is 3.10. The van der Waals surface area contributed by atoms with Gasteiger partial charge in [0, 0.05) is 12.0 Å². The third-order valence-corrected chi connectivity index (χ3v) is 12.8. The Hall–Kier alpha value is -2.49. The molecule has 6 bridgehead atoms. The van der Waals surface area contributed by atoms with Gasteiger partial charge in [0.05, 0.1) is 43.0 Å². The first kappa shape index (κ1) is 33.4. The fraction of sp³-hybridized carbons (Fsp3) is 0.848. The number of carboxylic acid groups (broad SMARTS) is 1. The first-order chi connectivity index (χ1) is 20.4. The number of hydrogen-bond donors (Lipinski definition) is 2. The molecule has 9 rings (SSSR count). The summed E-state index contributed by atoms with van der Waals surface area (Å²) >= 11 is 0. The van der Waals surface area contributed by atoms with Crippen LogP contribution >= 0.6 is 0 Å². The second-order valence-corrected chi connectivity index (χ2v) is 14.5. The summed E-state index contributed by atoms with van der Waals surface area (Å²) in [7, 11) is 4.33. The minimum atomic E-state index is -0.694. The predicted molar refractivity (Wildman–Crippen MR) is 155 cm³/mol. The van der Waals surface area contributed by atoms with Gasteiger partial charge in [-0.2, -0.15) is 0 Å². The quantitative estimate of drug-likeness (QED) is 0.245. The maximum atomic E-state index is 11.7. The van der Waals surface area contributed by atoms with Gasteiger partial charge in [0.15, 0.2) is 0 Å². The Morgan fingerprint density at radius 1 is 0.535 bits per heavy atom. The molecular formula is C33H50O10. The van der Waals surface area contributed by atoms with E-state index in [9.17, 15) is 34.2 Å². The van der Waals surface area contributed by atoms with E-state index in [-0.39, 0.29) is 51.6 Å². The molecule has 43 heavy (non-hydrogen) atoms. The number of hydrogen-bond acceptors (Lipinski definition) is 9. The molecule has 0 heterocycles. The van der Waals surface area contributed by atoms with Crippen LogP contribution in [0.15, 0.2) is 0 Å². The van der Waals surface area contributed by atoms with Crippen LogP contribution in [-0.2, 0) is 38.2 Å². The van der Waals surface area contributed by atoms with Crippen molar-refractivity contribution in [3.8, 4) is 0 Å². The van der Waals surface area contributed by atoms with Gasteiger partial charge in [0.2, 0.25) is 0 Å². The van der Waals surface area contributed by atoms with Crippen LogP contribution in [0.5, 0.6) is 0 Å². The fourth-order valence-corrected chi connectivity index (χ4v) is 8.97. The number of rotatable bonds is 6. The number of aliphatic hydroxyl groups excluding tert-OH is 1. The second kappa shape index (κ2) is 12.5. The lowest BCUT2D eigenvalue weighted by molar-refractivity contribution is -0.172. The van der Waals surface area contributed by atoms with Crippen molar-refractivity contribution in [1.29, 1.82) is 0 Å². The third-order valence-electron chi connectivity index (χ3n) is 12.8. The molecule has 0 atom stereocenters. The fourth-order valence-electron chi connectivity index (χ4n) is 8.97. The van der Waals surface area contributed by atoms with Gasteiger partial charge in [0.25, 0.3) is 0 Å². The number of ether oxygens (including phenoxy) is 3. The molecular weight excluding hydrogens is 556 g/mol. The van der Waals surface area contributed by atoms with E-state index in [2.05, 4.69) is 0 Å². The number of carboxylic acids is 1. The highest BCUT2D eigenvalue weighted by Crippen LogP contribution is 2.59. The van der Waals surface area contributed by atoms with Crippen LogP contribution in [0.3, 0.4) is 0 Å². The lowest BCUT2D eigenvalue weighted by atomic mass is 9.54. The van der Waals surface area contributed by atoms with E-state index < -0.39 is 11.4 Å². The van der Waals surface area contributed by atoms with Crippen molar-refractivity contribution in [1.82, 2.24) is 0 Å². The van der Waals surface area contributed by atoms with Crippen molar-refractivity contribution in [2.24, 2.45) is 32.5 Å². The van der Waals surface area contributed by atoms with Gasteiger partial charge in [-0.3, -0.25) is 19.2 Å². The predicted octanol–water partition coefficient (Wildman–Crippen LogP) is 4.78. The Morgan fingerprint density at radius 2 is 0.814 bits per heavy atom. The maximum absolute atomic E-state index is 11.7. The highest BCUT2D eigenvalue weighted by molar-refractivity contribution is 5.81. The molecule has 9 aliphatic rings. The number of carbonyl (C=O) groups is 5. The summed E-state index contributed by atoms with van der Waals surface area (Å²) < 4.78 is 14.5. The molecule has 0 radical (unpaired) electrons. The molecule has 0 aliphatic heterocycles. The van der Waals surface area contributed by atoms with Crippen molar-refractivity contribution < 1.29 is 48.4 Å². The summed E-state index contributed by atoms with van der Waals surface area (Å²) in [6.45, 7) is 0.282. The monoisotopic (exact) mass is 606 g/mol. The summed E-state index contributed by atoms with van der Waals surface area (Å²) in [5.41, 5.74) is -1.33. The van der Waals surface area contributed by atoms with E-state index in [1.165, 1.54) is 21.3 Å². The van der Waals surface area contributed by atoms with E-state index in [0.717, 1.165) is 83.3 Å². The van der Waals surface area contributed by atoms with Crippen LogP contribution in [0.2, 0.25) is 0 Å². The molecule has 242 valence electrons. The van der Waals surface area contributed by atoms with Crippen LogP contribution in [0.1, 0.15) is 116 Å². The van der Waals surface area contributed by atoms with Crippen LogP contribution in [0.4, 0.5) is 0 Å². The van der Waals surface area contributed by atoms with Crippen LogP contribution in [-0.4, -0.2) is 68.3 Å². The molecule has 9 aliphatic carbocycles. The minimum Gasteiger partial charge on any atom is -0.481 e. The van der Waals surface area contributed by atoms with Crippen molar-refractivity contribution in [3.05, 3.63) is 0 Å². The smallest absolute Gasteiger partial charge is 0.311 e. The first-order valence-electron chi connectivity index (χ1n) is 15.9. The van der Waals surface area contributed by atoms with E-state index >= 15 is 0 Å². The van der Waals surface area contributed by atoms with Crippen molar-refractivity contribution >= 4 is 30.2 Å². The second-order valence-electron chi connectivity index (χ2n) is 14.5. The molecule has 0 aromatic heterocycles. The normalized spacial score (nSPS) is 40.1. The molecule has 0 amide bonds. The van der Waals surface area contributed by atoms with Crippen LogP contribution in [0, 0.1) is 32.5 Å². The summed E-state index contributed by atoms with van der Waals surface area (Å²) in [5, 5.41) is 18.5. The molecule has 9 fully saturated rings. The standard InChI is InChI=1S/C11H16O4.C11H18O3.C11H16O3/c1-15-9(14)11-5-2-10(3-6-11,4-7-11)8(12)13;2*1-14-9(13)11-5-2-10(8-12,3-6-11)4-7-11/h2-7H2,1H3,(H,12,13);12H,2-8H2,1H3;8H,2-7H2,1H3. The van der Waals surface area contributed by atoms with Gasteiger partial charge in [-0.05, 0) is 121 Å². The number of carbonyl (C=O) groups excluding carboxylic acids is 4. The number of aldehydes is 1. The summed E-state index contributed by atoms with van der Waals surface area (Å²) in [5.74, 6) is -0.956. The average molecular weight is 607 g/mol. The largest absolute Gasteiger partial charge is 0.481 e. The van der Waals surface area contributed by atoms with Gasteiger partial charge in [-0.15, -0.1) is 0 Å². The van der Waals surface area contributed by atoms with E-state index in [1.54, 1.807) is 0 Å². The van der Waals surface area contributed by atoms with Crippen molar-refractivity contribution in [2.75, 3.05) is 27.9 Å². The lowest BCUT2D eigenvalue weighted by Crippen LogP contribution is -2.49. The minimum absolute atomic E-state index is 0.0382. The zero-order chi connectivity index (χ0) is 31.6. The van der Waals surface area contributed by atoms with Gasteiger partial charge in [-0.25, -0.2) is 0 Å². The molecule has 2 N–H and O–H groups in total. The molecule has 9 saturated carbocycles. The first-order valence-corrected chi connectivity index (χ1v) is 15.9. The number of aliphatic hydroxyl groups is 1. The number of fused-ring (bicyclic) bond motifs is 9. The van der Waals surface area contributed by atoms with Gasteiger partial charge >= 0.3 is 23.9 Å². The lowest BCUT2D eigenvalue weighted by Gasteiger charge is -2.51. The Labute approximate surface area is 254 Å². The number of methoxy groups -OCH3 is 3. The van der Waals surface area contributed by atoms with Crippen molar-refractivity contribution in [2.45, 2.75) is 116 Å². The zero-order valence-electron chi connectivity index (χ0n) is 26.2. The molecule has 10 heteroatoms. The Bertz CT molecular complexity index is 1020. The summed E-state index contributed by atoms with van der Waals surface area (Å²) in [6.07, 6.45) is 15.7. The highest BCUT2D eigenvalue weighted by Gasteiger charge is 2.57. The Balaban J connectivity index is 0.000000148. The van der Waals surface area contributed by atoms with Crippen LogP contribution in [0.25, 0.3) is 0 Å². The van der Waals surface area contributed by atoms with Gasteiger partial charge < -0.3 is 29.2 Å². The maximum Gasteiger partial charge on any atom is 0.311 e. The number of aliphatic carboxylic acids is 1. The van der Waals surface area contributed by atoms with Gasteiger partial charge in [-0.1, -0.05) is 0 Å². The SMILES string of the molecule is COC(=O)C12CCC(C(=O)O)(CC1)CC2.COC(=O)C12CCC(C=O)(CC1)CC2.COC(=O)C12CCC(CO)(CC1)CC2. The molecule has 0 aromatic carbocycles. The topological polar surface area (TPSA) is 154 Å². The molecule has 0 saturated heterocycles. The highest BCUT2D eigenvalue weighted by atomic mass is 16.5. The van der Waals surface area contributed by atoms with Crippen molar-refractivity contribution in [3.63, 3.8) is 0 Å². The summed E-state index contributed by atoms with van der Waals surface area (Å²) in [6, 6.07) is 0. The molecule has 0 spiro atoms. The van der Waals surface area contributed by atoms with Gasteiger partial charge in [0.1, 0.15) is 6.29 Å². The zero-order valence-corrected chi connectivity index (χ0v) is 26.2. The Morgan fingerprint density at radius 3 is 1.07 bits per heavy atom.